The third-order valence-corrected chi connectivity index (χ3v) is 3.47. The number of thiazole rings is 1. The van der Waals surface area contributed by atoms with E-state index in [1.807, 2.05) is 0 Å². The Balaban J connectivity index is 2.16. The predicted octanol–water partition coefficient (Wildman–Crippen LogP) is 3.57. The monoisotopic (exact) mass is 330 g/mol. The summed E-state index contributed by atoms with van der Waals surface area (Å²) in [6.07, 6.45) is 0. The van der Waals surface area contributed by atoms with Gasteiger partial charge in [0.2, 0.25) is 0 Å². The minimum absolute atomic E-state index is 0.225. The van der Waals surface area contributed by atoms with Gasteiger partial charge in [-0.05, 0) is 34.1 Å². The third kappa shape index (κ3) is 2.85. The number of benzene rings is 1. The average molecular weight is 331 g/mol. The molecule has 94 valence electrons. The van der Waals surface area contributed by atoms with E-state index < -0.39 is 5.97 Å². The maximum Gasteiger partial charge on any atom is 0.357 e. The van der Waals surface area contributed by atoms with E-state index in [1.54, 1.807) is 17.5 Å². The molecule has 1 aromatic heterocycles. The summed E-state index contributed by atoms with van der Waals surface area (Å²) in [4.78, 5) is 15.2. The van der Waals surface area contributed by atoms with Crippen LogP contribution < -0.4 is 5.32 Å². The molecule has 2 rings (SSSR count). The normalized spacial score (nSPS) is 10.2. The molecule has 0 bridgehead atoms. The van der Waals surface area contributed by atoms with Crippen molar-refractivity contribution in [2.24, 2.45) is 0 Å². The fraction of sp³-hybridized carbons (Fsp3) is 0.0909. The van der Waals surface area contributed by atoms with Crippen LogP contribution in [-0.2, 0) is 4.74 Å². The Morgan fingerprint density at radius 2 is 2.33 bits per heavy atom. The minimum Gasteiger partial charge on any atom is -0.464 e. The first-order valence-electron chi connectivity index (χ1n) is 4.86. The van der Waals surface area contributed by atoms with Crippen LogP contribution in [0.4, 0.5) is 15.2 Å². The van der Waals surface area contributed by atoms with Gasteiger partial charge >= 0.3 is 5.97 Å². The van der Waals surface area contributed by atoms with Gasteiger partial charge in [0, 0.05) is 11.1 Å². The molecule has 0 amide bonds. The van der Waals surface area contributed by atoms with Crippen LogP contribution in [0.3, 0.4) is 0 Å². The van der Waals surface area contributed by atoms with Crippen LogP contribution in [0.15, 0.2) is 28.1 Å². The average Bonchev–Trinajstić information content (AvgIpc) is 2.81. The Kier molecular flexibility index (Phi) is 3.93. The lowest BCUT2D eigenvalue weighted by molar-refractivity contribution is 0.0595. The molecular formula is C11H8BrFN2O2S. The lowest BCUT2D eigenvalue weighted by Crippen LogP contribution is -2.01. The van der Waals surface area contributed by atoms with Crippen LogP contribution in [0.25, 0.3) is 0 Å². The highest BCUT2D eigenvalue weighted by Gasteiger charge is 2.11. The van der Waals surface area contributed by atoms with Gasteiger partial charge in [-0.2, -0.15) is 0 Å². The molecule has 0 atom stereocenters. The maximum atomic E-state index is 13.3. The molecule has 0 aliphatic rings. The summed E-state index contributed by atoms with van der Waals surface area (Å²) in [6.45, 7) is 0. The van der Waals surface area contributed by atoms with Crippen LogP contribution in [0, 0.1) is 5.82 Å². The highest BCUT2D eigenvalue weighted by Crippen LogP contribution is 2.24. The molecule has 0 saturated carbocycles. The fourth-order valence-corrected chi connectivity index (χ4v) is 2.17. The highest BCUT2D eigenvalue weighted by atomic mass is 79.9. The largest absolute Gasteiger partial charge is 0.464 e. The van der Waals surface area contributed by atoms with Crippen LogP contribution in [0.2, 0.25) is 0 Å². The third-order valence-electron chi connectivity index (χ3n) is 2.07. The van der Waals surface area contributed by atoms with Gasteiger partial charge in [0.1, 0.15) is 5.82 Å². The molecule has 1 aromatic carbocycles. The summed E-state index contributed by atoms with van der Waals surface area (Å²) in [5, 5.41) is 4.98. The van der Waals surface area contributed by atoms with Crippen molar-refractivity contribution in [1.82, 2.24) is 4.98 Å². The van der Waals surface area contributed by atoms with E-state index in [0.717, 1.165) is 0 Å². The van der Waals surface area contributed by atoms with Crippen molar-refractivity contribution in [3.63, 3.8) is 0 Å². The predicted molar refractivity (Wildman–Crippen MR) is 70.8 cm³/mol. The Bertz CT molecular complexity index is 588. The standard InChI is InChI=1S/C11H8BrFN2O2S/c1-17-10(16)9-5-18-11(15-9)14-6-2-3-7(12)8(13)4-6/h2-5H,1H3,(H,14,15). The molecule has 7 heteroatoms. The number of ether oxygens (including phenoxy) is 1. The van der Waals surface area contributed by atoms with E-state index in [2.05, 4.69) is 31.0 Å². The van der Waals surface area contributed by atoms with Crippen molar-refractivity contribution in [3.8, 4) is 0 Å². The molecule has 18 heavy (non-hydrogen) atoms. The van der Waals surface area contributed by atoms with Gasteiger partial charge in [-0.25, -0.2) is 14.2 Å². The molecular weight excluding hydrogens is 323 g/mol. The van der Waals surface area contributed by atoms with E-state index in [1.165, 1.54) is 24.5 Å². The molecule has 1 N–H and O–H groups in total. The summed E-state index contributed by atoms with van der Waals surface area (Å²) in [5.74, 6) is -0.869. The lowest BCUT2D eigenvalue weighted by Gasteiger charge is -2.03. The summed E-state index contributed by atoms with van der Waals surface area (Å²) in [7, 11) is 1.29. The van der Waals surface area contributed by atoms with Crippen molar-refractivity contribution in [2.75, 3.05) is 12.4 Å². The number of halogens is 2. The van der Waals surface area contributed by atoms with Gasteiger partial charge in [-0.1, -0.05) is 0 Å². The highest BCUT2D eigenvalue weighted by molar-refractivity contribution is 9.10. The second kappa shape index (κ2) is 5.45. The number of carbonyl (C=O) groups is 1. The number of nitrogens with zero attached hydrogens (tertiary/aromatic N) is 1. The number of rotatable bonds is 3. The molecule has 2 aromatic rings. The zero-order chi connectivity index (χ0) is 13.1. The number of esters is 1. The fourth-order valence-electron chi connectivity index (χ4n) is 1.23. The number of methoxy groups -OCH3 is 1. The summed E-state index contributed by atoms with van der Waals surface area (Å²) < 4.78 is 18.2. The number of aromatic nitrogens is 1. The van der Waals surface area contributed by atoms with Crippen LogP contribution in [-0.4, -0.2) is 18.1 Å². The smallest absolute Gasteiger partial charge is 0.357 e. The van der Waals surface area contributed by atoms with E-state index in [4.69, 9.17) is 0 Å². The Morgan fingerprint density at radius 1 is 1.56 bits per heavy atom. The van der Waals surface area contributed by atoms with Crippen LogP contribution in [0.5, 0.6) is 0 Å². The van der Waals surface area contributed by atoms with Gasteiger partial charge < -0.3 is 10.1 Å². The second-order valence-corrected chi connectivity index (χ2v) is 5.00. The van der Waals surface area contributed by atoms with Gasteiger partial charge in [0.05, 0.1) is 11.6 Å². The zero-order valence-corrected chi connectivity index (χ0v) is 11.6. The van der Waals surface area contributed by atoms with Gasteiger partial charge in [0.25, 0.3) is 0 Å². The molecule has 0 unspecified atom stereocenters. The van der Waals surface area contributed by atoms with Crippen molar-refractivity contribution in [3.05, 3.63) is 39.6 Å². The molecule has 0 spiro atoms. The molecule has 0 aliphatic carbocycles. The maximum absolute atomic E-state index is 13.3. The van der Waals surface area contributed by atoms with Crippen LogP contribution >= 0.6 is 27.3 Å². The number of carbonyl (C=O) groups excluding carboxylic acids is 1. The van der Waals surface area contributed by atoms with E-state index in [9.17, 15) is 9.18 Å². The second-order valence-electron chi connectivity index (χ2n) is 3.28. The van der Waals surface area contributed by atoms with Crippen molar-refractivity contribution < 1.29 is 13.9 Å². The lowest BCUT2D eigenvalue weighted by atomic mass is 10.3. The van der Waals surface area contributed by atoms with Gasteiger partial charge in [-0.15, -0.1) is 11.3 Å². The minimum atomic E-state index is -0.499. The Labute approximate surface area is 115 Å². The first-order chi connectivity index (χ1) is 8.60. The quantitative estimate of drug-likeness (QED) is 0.874. The zero-order valence-electron chi connectivity index (χ0n) is 9.24. The van der Waals surface area contributed by atoms with Crippen molar-refractivity contribution in [1.29, 1.82) is 0 Å². The van der Waals surface area contributed by atoms with E-state index in [0.29, 0.717) is 15.3 Å². The number of nitrogens with one attached hydrogen (secondary N) is 1. The first-order valence-corrected chi connectivity index (χ1v) is 6.53. The van der Waals surface area contributed by atoms with E-state index in [-0.39, 0.29) is 11.5 Å². The first kappa shape index (κ1) is 13.0. The molecule has 4 nitrogen and oxygen atoms in total. The summed E-state index contributed by atoms with van der Waals surface area (Å²) >= 11 is 4.31. The van der Waals surface area contributed by atoms with Crippen molar-refractivity contribution >= 4 is 44.1 Å². The van der Waals surface area contributed by atoms with Crippen LogP contribution in [0.1, 0.15) is 10.5 Å². The van der Waals surface area contributed by atoms with Gasteiger partial charge in [-0.3, -0.25) is 0 Å². The Morgan fingerprint density at radius 3 is 3.00 bits per heavy atom. The van der Waals surface area contributed by atoms with E-state index >= 15 is 0 Å². The molecule has 0 aliphatic heterocycles. The molecule has 0 saturated heterocycles. The topological polar surface area (TPSA) is 51.2 Å². The SMILES string of the molecule is COC(=O)c1csc(Nc2ccc(Br)c(F)c2)n1. The number of hydrogen-bond donors (Lipinski definition) is 1. The van der Waals surface area contributed by atoms with Crippen molar-refractivity contribution in [2.45, 2.75) is 0 Å². The number of hydrogen-bond acceptors (Lipinski definition) is 5. The Hall–Kier alpha value is -1.47. The molecule has 0 fully saturated rings. The number of anilines is 2. The summed E-state index contributed by atoms with van der Waals surface area (Å²) in [6, 6.07) is 4.63. The molecule has 0 radical (unpaired) electrons. The van der Waals surface area contributed by atoms with Gasteiger partial charge in [0.15, 0.2) is 10.8 Å². The molecule has 1 heterocycles. The summed E-state index contributed by atoms with van der Waals surface area (Å²) in [5.41, 5.74) is 0.782.